The van der Waals surface area contributed by atoms with Crippen molar-refractivity contribution in [2.45, 2.75) is 23.9 Å². The van der Waals surface area contributed by atoms with Gasteiger partial charge in [-0.2, -0.15) is 9.97 Å². The summed E-state index contributed by atoms with van der Waals surface area (Å²) in [6, 6.07) is 6.07. The summed E-state index contributed by atoms with van der Waals surface area (Å²) in [6.07, 6.45) is 2.44. The highest BCUT2D eigenvalue weighted by Crippen LogP contribution is 2.47. The molecular formula is C54H38Cl2FN23O12. The minimum atomic E-state index is -3.61. The Kier molecular flexibility index (Phi) is 13.2. The molecule has 0 radical (unpaired) electrons. The normalized spacial score (nSPS) is 13.6. The average Bonchev–Trinajstić information content (AvgIpc) is 1.33. The minimum absolute atomic E-state index is 0.0157. The molecule has 14 rings (SSSR count). The number of halogens is 3. The van der Waals surface area contributed by atoms with Gasteiger partial charge in [-0.1, -0.05) is 23.2 Å². The van der Waals surface area contributed by atoms with Gasteiger partial charge < -0.3 is 46.6 Å². The van der Waals surface area contributed by atoms with E-state index in [1.807, 2.05) is 0 Å². The van der Waals surface area contributed by atoms with Crippen LogP contribution in [0, 0.1) is 5.82 Å². The first-order valence-corrected chi connectivity index (χ1v) is 27.4. The lowest BCUT2D eigenvalue weighted by molar-refractivity contribution is -0.161. The summed E-state index contributed by atoms with van der Waals surface area (Å²) >= 11 is 13.3. The van der Waals surface area contributed by atoms with Crippen LogP contribution < -0.4 is 43.3 Å². The van der Waals surface area contributed by atoms with Gasteiger partial charge in [-0.05, 0) is 30.3 Å². The summed E-state index contributed by atoms with van der Waals surface area (Å²) in [5.41, 5.74) is -5.35. The fourth-order valence-electron chi connectivity index (χ4n) is 10.9. The van der Waals surface area contributed by atoms with E-state index >= 15 is 24.0 Å². The topological polar surface area (TPSA) is 420 Å². The van der Waals surface area contributed by atoms with Crippen LogP contribution in [0.15, 0.2) is 132 Å². The maximum Gasteiger partial charge on any atom is 0.302 e. The smallest absolute Gasteiger partial charge is 0.302 e. The Bertz CT molecular complexity index is 5710. The van der Waals surface area contributed by atoms with Crippen LogP contribution >= 0.6 is 23.2 Å². The fourth-order valence-corrected chi connectivity index (χ4v) is 11.2. The fraction of sp³-hybridized carbons (Fsp3) is 0.167. The number of aromatic nitrogens is 19. The number of carbonyl (C=O) groups is 4. The predicted octanol–water partition coefficient (Wildman–Crippen LogP) is 2.31. The van der Waals surface area contributed by atoms with Gasteiger partial charge in [0.2, 0.25) is 11.4 Å². The number of rotatable bonds is 15. The Hall–Kier alpha value is -12.3. The Morgan fingerprint density at radius 1 is 0.554 bits per heavy atom. The van der Waals surface area contributed by atoms with Crippen LogP contribution in [0.25, 0.3) is 78.0 Å². The van der Waals surface area contributed by atoms with Gasteiger partial charge in [0.1, 0.15) is 28.1 Å². The Morgan fingerprint density at radius 3 is 1.58 bits per heavy atom. The SMILES string of the molecule is COc1ccc2nc(NC(=O)C(n3cnc4ncn(C)c(=O)c43)C(C(=O)N(C(C(N)=O)n3cnc4ncn(C)c(=O)c43)C(C(=O)Nc3nc4ccc(F)cc4o3)n3cnc4ncn(C)c(=O)c43)(c3nc4cc(Cl)c(Cl)cc4o3)n3cnc4ncn(C)c(=O)c43)oc2c1. The van der Waals surface area contributed by atoms with Crippen LogP contribution in [-0.4, -0.2) is 127 Å². The molecule has 462 valence electrons. The zero-order valence-electron chi connectivity index (χ0n) is 47.5. The number of carbonyl (C=O) groups excluding carboxylic acids is 4. The van der Waals surface area contributed by atoms with Crippen molar-refractivity contribution in [1.29, 1.82) is 0 Å². The third kappa shape index (κ3) is 8.81. The number of nitrogens with two attached hydrogens (primary N) is 1. The number of methoxy groups -OCH3 is 1. The van der Waals surface area contributed by atoms with E-state index in [0.717, 1.165) is 99.3 Å². The lowest BCUT2D eigenvalue weighted by Crippen LogP contribution is -2.63. The summed E-state index contributed by atoms with van der Waals surface area (Å²) in [5, 5.41) is 4.75. The van der Waals surface area contributed by atoms with Gasteiger partial charge in [-0.15, -0.1) is 0 Å². The number of amides is 4. The number of benzene rings is 3. The summed E-state index contributed by atoms with van der Waals surface area (Å²) in [7, 11) is 6.55. The van der Waals surface area contributed by atoms with Crippen molar-refractivity contribution in [1.82, 2.24) is 96.3 Å². The van der Waals surface area contributed by atoms with Crippen molar-refractivity contribution in [3.63, 3.8) is 0 Å². The van der Waals surface area contributed by atoms with Gasteiger partial charge in [-0.25, -0.2) is 49.2 Å². The van der Waals surface area contributed by atoms with Crippen molar-refractivity contribution in [3.05, 3.63) is 162 Å². The van der Waals surface area contributed by atoms with Crippen LogP contribution in [-0.2, 0) is 52.9 Å². The number of ether oxygens (including phenoxy) is 1. The highest BCUT2D eigenvalue weighted by Gasteiger charge is 2.63. The number of imidazole rings is 4. The van der Waals surface area contributed by atoms with Crippen molar-refractivity contribution in [2.75, 3.05) is 17.7 Å². The number of hydrogen-bond donors (Lipinski definition) is 3. The molecule has 0 aliphatic heterocycles. The summed E-state index contributed by atoms with van der Waals surface area (Å²) in [6.45, 7) is 0. The lowest BCUT2D eigenvalue weighted by Gasteiger charge is -2.44. The van der Waals surface area contributed by atoms with E-state index in [4.69, 9.17) is 51.9 Å². The molecule has 14 aromatic rings. The average molecular weight is 1290 g/mol. The van der Waals surface area contributed by atoms with Gasteiger partial charge in [-0.3, -0.25) is 67.6 Å². The first-order valence-electron chi connectivity index (χ1n) is 26.7. The van der Waals surface area contributed by atoms with Crippen LogP contribution in [0.4, 0.5) is 16.4 Å². The molecule has 35 nitrogen and oxygen atoms in total. The van der Waals surface area contributed by atoms with Crippen molar-refractivity contribution in [2.24, 2.45) is 33.9 Å². The molecular weight excluding hydrogens is 1250 g/mol. The van der Waals surface area contributed by atoms with E-state index < -0.39 is 121 Å². The second-order valence-corrected chi connectivity index (χ2v) is 21.5. The molecule has 0 saturated carbocycles. The molecule has 11 aromatic heterocycles. The molecule has 3 aromatic carbocycles. The van der Waals surface area contributed by atoms with Crippen LogP contribution in [0.1, 0.15) is 24.3 Å². The molecule has 0 saturated heterocycles. The standard InChI is InChI=1S/C54H38Cl2FN23O12/c1-72-14-59-38-32(46(72)84)76(18-63-38)36(42(82)70-52-69-27-9-7-23(89-5)11-30(27)92-52)54(50-67-28-12-24(55)25(56)13-31(28)90-50,79-21-66-41-35(79)49(87)75(4)17-62-41)51(88)80(44(37(58)81)77-19-64-39-33(77)47(85)73(2)15-60-39)45(78-20-65-40-34(78)48(86)74(3)16-61-40)43(83)71-53-68-26-8-6-22(57)10-29(26)91-53/h6-21,36,44-45H,1-5H3,(H2,58,81)(H,68,71,83)(H,69,70,82). The largest absolute Gasteiger partial charge is 0.497 e. The number of hydrogen-bond acceptors (Lipinski definition) is 23. The number of nitrogens with one attached hydrogen (secondary N) is 2. The van der Waals surface area contributed by atoms with Crippen LogP contribution in [0.2, 0.25) is 10.0 Å². The number of anilines is 2. The van der Waals surface area contributed by atoms with Gasteiger partial charge in [0, 0.05) is 46.4 Å². The van der Waals surface area contributed by atoms with E-state index in [2.05, 4.69) is 60.5 Å². The van der Waals surface area contributed by atoms with Gasteiger partial charge in [0.05, 0.1) is 67.8 Å². The predicted molar refractivity (Wildman–Crippen MR) is 317 cm³/mol. The monoisotopic (exact) mass is 1290 g/mol. The summed E-state index contributed by atoms with van der Waals surface area (Å²) < 4.78 is 46.0. The summed E-state index contributed by atoms with van der Waals surface area (Å²) in [5.74, 6) is -7.91. The number of fused-ring (bicyclic) bond motifs is 7. The third-order valence-corrected chi connectivity index (χ3v) is 15.9. The second-order valence-electron chi connectivity index (χ2n) is 20.6. The molecule has 4 atom stereocenters. The van der Waals surface area contributed by atoms with E-state index in [9.17, 15) is 18.8 Å². The zero-order chi connectivity index (χ0) is 64.5. The van der Waals surface area contributed by atoms with Crippen molar-refractivity contribution in [3.8, 4) is 5.75 Å². The molecule has 92 heavy (non-hydrogen) atoms. The third-order valence-electron chi connectivity index (χ3n) is 15.1. The number of aryl methyl sites for hydroxylation is 4. The van der Waals surface area contributed by atoms with E-state index in [0.29, 0.717) is 10.6 Å². The number of nitrogens with zero attached hydrogens (tertiary/aromatic N) is 20. The Morgan fingerprint density at radius 2 is 1.01 bits per heavy atom. The number of primary amides is 1. The highest BCUT2D eigenvalue weighted by molar-refractivity contribution is 6.42. The van der Waals surface area contributed by atoms with E-state index in [1.165, 1.54) is 65.6 Å². The molecule has 0 aliphatic rings. The first-order chi connectivity index (χ1) is 44.1. The molecule has 38 heteroatoms. The number of oxazole rings is 3. The molecule has 4 N–H and O–H groups in total. The molecule has 11 heterocycles. The van der Waals surface area contributed by atoms with E-state index in [1.54, 1.807) is 6.07 Å². The maximum atomic E-state index is 18.7. The molecule has 4 unspecified atom stereocenters. The van der Waals surface area contributed by atoms with Crippen LogP contribution in [0.5, 0.6) is 5.75 Å². The first kappa shape index (κ1) is 57.4. The second kappa shape index (κ2) is 21.2. The van der Waals surface area contributed by atoms with Crippen molar-refractivity contribution >= 4 is 137 Å². The zero-order valence-corrected chi connectivity index (χ0v) is 49.0. The molecule has 0 fully saturated rings. The van der Waals surface area contributed by atoms with Gasteiger partial charge >= 0.3 is 12.0 Å². The highest BCUT2D eigenvalue weighted by atomic mass is 35.5. The van der Waals surface area contributed by atoms with Gasteiger partial charge in [0.15, 0.2) is 79.8 Å². The quantitative estimate of drug-likeness (QED) is 0.133. The van der Waals surface area contributed by atoms with E-state index in [-0.39, 0.29) is 60.3 Å². The Labute approximate surface area is 516 Å². The summed E-state index contributed by atoms with van der Waals surface area (Å²) in [4.78, 5) is 176. The molecule has 0 bridgehead atoms. The molecule has 0 aliphatic carbocycles. The molecule has 0 spiro atoms. The molecule has 4 amide bonds. The maximum absolute atomic E-state index is 18.7. The van der Waals surface area contributed by atoms with Crippen LogP contribution in [0.3, 0.4) is 0 Å². The lowest BCUT2D eigenvalue weighted by atomic mass is 9.85. The van der Waals surface area contributed by atoms with Gasteiger partial charge in [0.25, 0.3) is 45.9 Å². The Balaban J connectivity index is 1.18. The van der Waals surface area contributed by atoms with Crippen molar-refractivity contribution < 1.29 is 41.6 Å². The minimum Gasteiger partial charge on any atom is -0.497 e.